The molecule has 0 bridgehead atoms. The number of carbonyl (C=O) groups is 2. The zero-order valence-electron chi connectivity index (χ0n) is 12.9. The van der Waals surface area contributed by atoms with Crippen molar-refractivity contribution in [1.29, 1.82) is 0 Å². The maximum Gasteiger partial charge on any atom is 0.320 e. The maximum absolute atomic E-state index is 12.1. The Morgan fingerprint density at radius 3 is 2.45 bits per heavy atom. The highest BCUT2D eigenvalue weighted by molar-refractivity contribution is 5.91. The Bertz CT molecular complexity index is 520. The van der Waals surface area contributed by atoms with Crippen LogP contribution in [0.1, 0.15) is 12.5 Å². The van der Waals surface area contributed by atoms with E-state index in [9.17, 15) is 9.59 Å². The van der Waals surface area contributed by atoms with Gasteiger partial charge in [-0.05, 0) is 18.6 Å². The lowest BCUT2D eigenvalue weighted by Gasteiger charge is -2.33. The molecule has 0 saturated carbocycles. The van der Waals surface area contributed by atoms with Gasteiger partial charge in [0.15, 0.2) is 0 Å². The van der Waals surface area contributed by atoms with E-state index in [0.717, 1.165) is 5.56 Å². The number of carbonyl (C=O) groups excluding carboxylic acids is 2. The Morgan fingerprint density at radius 1 is 1.14 bits per heavy atom. The van der Waals surface area contributed by atoms with E-state index < -0.39 is 0 Å². The molecular formula is C17H22N2O3. The first-order valence-electron chi connectivity index (χ1n) is 7.59. The number of benzene rings is 1. The van der Waals surface area contributed by atoms with E-state index in [0.29, 0.717) is 39.3 Å². The first-order valence-corrected chi connectivity index (χ1v) is 7.59. The van der Waals surface area contributed by atoms with Crippen LogP contribution in [0.4, 0.5) is 0 Å². The summed E-state index contributed by atoms with van der Waals surface area (Å²) in [6.45, 7) is 5.17. The average Bonchev–Trinajstić information content (AvgIpc) is 2.54. The normalized spacial score (nSPS) is 16.0. The van der Waals surface area contributed by atoms with Crippen LogP contribution >= 0.6 is 0 Å². The molecule has 1 aromatic rings. The minimum atomic E-state index is -0.203. The van der Waals surface area contributed by atoms with Gasteiger partial charge in [-0.3, -0.25) is 14.5 Å². The van der Waals surface area contributed by atoms with Crippen molar-refractivity contribution in [3.63, 3.8) is 0 Å². The van der Waals surface area contributed by atoms with Gasteiger partial charge in [0.1, 0.15) is 0 Å². The van der Waals surface area contributed by atoms with Crippen molar-refractivity contribution in [2.75, 3.05) is 39.3 Å². The average molecular weight is 302 g/mol. The van der Waals surface area contributed by atoms with Crippen molar-refractivity contribution in [3.8, 4) is 0 Å². The molecule has 0 aliphatic carbocycles. The van der Waals surface area contributed by atoms with Crippen molar-refractivity contribution < 1.29 is 14.3 Å². The Labute approximate surface area is 131 Å². The first-order chi connectivity index (χ1) is 10.7. The van der Waals surface area contributed by atoms with E-state index in [-0.39, 0.29) is 11.9 Å². The Kier molecular flexibility index (Phi) is 6.15. The number of amides is 1. The minimum absolute atomic E-state index is 0.0136. The van der Waals surface area contributed by atoms with Crippen LogP contribution in [0.5, 0.6) is 0 Å². The topological polar surface area (TPSA) is 49.9 Å². The highest BCUT2D eigenvalue weighted by Gasteiger charge is 2.21. The van der Waals surface area contributed by atoms with Crippen LogP contribution in [0.15, 0.2) is 36.4 Å². The summed E-state index contributed by atoms with van der Waals surface area (Å²) in [5, 5.41) is 0. The van der Waals surface area contributed by atoms with Crippen molar-refractivity contribution in [1.82, 2.24) is 9.80 Å². The molecule has 118 valence electrons. The number of esters is 1. The molecule has 22 heavy (non-hydrogen) atoms. The summed E-state index contributed by atoms with van der Waals surface area (Å²) in [5.74, 6) is -0.189. The zero-order chi connectivity index (χ0) is 15.8. The molecule has 0 atom stereocenters. The molecule has 2 rings (SSSR count). The lowest BCUT2D eigenvalue weighted by molar-refractivity contribution is -0.145. The van der Waals surface area contributed by atoms with Crippen LogP contribution in [0.25, 0.3) is 6.08 Å². The fourth-order valence-corrected chi connectivity index (χ4v) is 2.35. The molecule has 0 aromatic heterocycles. The standard InChI is InChI=1S/C17H22N2O3/c1-2-22-17(21)14-18-10-12-19(13-11-18)16(20)9-8-15-6-4-3-5-7-15/h3-9H,2,10-14H2,1H3/b9-8+. The van der Waals surface area contributed by atoms with Crippen LogP contribution in [0.3, 0.4) is 0 Å². The lowest BCUT2D eigenvalue weighted by Crippen LogP contribution is -2.49. The summed E-state index contributed by atoms with van der Waals surface area (Å²) in [4.78, 5) is 27.4. The summed E-state index contributed by atoms with van der Waals surface area (Å²) in [7, 11) is 0. The summed E-state index contributed by atoms with van der Waals surface area (Å²) in [6.07, 6.45) is 3.43. The monoisotopic (exact) mass is 302 g/mol. The molecule has 1 aromatic carbocycles. The smallest absolute Gasteiger partial charge is 0.320 e. The SMILES string of the molecule is CCOC(=O)CN1CCN(C(=O)/C=C/c2ccccc2)CC1. The van der Waals surface area contributed by atoms with Gasteiger partial charge >= 0.3 is 5.97 Å². The second-order valence-electron chi connectivity index (χ2n) is 5.15. The Hall–Kier alpha value is -2.14. The van der Waals surface area contributed by atoms with E-state index in [4.69, 9.17) is 4.74 Å². The van der Waals surface area contributed by atoms with Gasteiger partial charge in [-0.25, -0.2) is 0 Å². The van der Waals surface area contributed by atoms with Gasteiger partial charge in [0.05, 0.1) is 13.2 Å². The van der Waals surface area contributed by atoms with Crippen LogP contribution in [0.2, 0.25) is 0 Å². The third-order valence-electron chi connectivity index (χ3n) is 3.56. The summed E-state index contributed by atoms with van der Waals surface area (Å²) in [6, 6.07) is 9.75. The number of piperazine rings is 1. The van der Waals surface area contributed by atoms with Crippen LogP contribution in [-0.2, 0) is 14.3 Å². The summed E-state index contributed by atoms with van der Waals surface area (Å²) < 4.78 is 4.93. The van der Waals surface area contributed by atoms with Gasteiger partial charge in [-0.15, -0.1) is 0 Å². The number of hydrogen-bond acceptors (Lipinski definition) is 4. The molecule has 1 amide bonds. The fourth-order valence-electron chi connectivity index (χ4n) is 2.35. The van der Waals surface area contributed by atoms with E-state index in [2.05, 4.69) is 0 Å². The molecule has 5 heteroatoms. The van der Waals surface area contributed by atoms with Crippen LogP contribution < -0.4 is 0 Å². The molecule has 0 N–H and O–H groups in total. The highest BCUT2D eigenvalue weighted by Crippen LogP contribution is 2.05. The molecule has 5 nitrogen and oxygen atoms in total. The second kappa shape index (κ2) is 8.34. The first kappa shape index (κ1) is 16.2. The van der Waals surface area contributed by atoms with Gasteiger partial charge in [-0.2, -0.15) is 0 Å². The lowest BCUT2D eigenvalue weighted by atomic mass is 10.2. The van der Waals surface area contributed by atoms with Gasteiger partial charge in [-0.1, -0.05) is 30.3 Å². The van der Waals surface area contributed by atoms with Gasteiger partial charge < -0.3 is 9.64 Å². The summed E-state index contributed by atoms with van der Waals surface area (Å²) in [5.41, 5.74) is 1.01. The molecule has 1 fully saturated rings. The molecule has 1 aliphatic heterocycles. The molecule has 1 aliphatic rings. The molecule has 1 saturated heterocycles. The molecular weight excluding hydrogens is 280 g/mol. The minimum Gasteiger partial charge on any atom is -0.465 e. The Balaban J connectivity index is 1.77. The van der Waals surface area contributed by atoms with Gasteiger partial charge in [0, 0.05) is 32.3 Å². The Morgan fingerprint density at radius 2 is 1.82 bits per heavy atom. The highest BCUT2D eigenvalue weighted by atomic mass is 16.5. The fraction of sp³-hybridized carbons (Fsp3) is 0.412. The van der Waals surface area contributed by atoms with Gasteiger partial charge in [0.25, 0.3) is 0 Å². The predicted molar refractivity (Wildman–Crippen MR) is 85.1 cm³/mol. The van der Waals surface area contributed by atoms with Crippen LogP contribution in [0, 0.1) is 0 Å². The molecule has 0 spiro atoms. The number of ether oxygens (including phenoxy) is 1. The van der Waals surface area contributed by atoms with Crippen molar-refractivity contribution in [3.05, 3.63) is 42.0 Å². The molecule has 1 heterocycles. The van der Waals surface area contributed by atoms with E-state index >= 15 is 0 Å². The molecule has 0 radical (unpaired) electrons. The maximum atomic E-state index is 12.1. The summed E-state index contributed by atoms with van der Waals surface area (Å²) >= 11 is 0. The predicted octanol–water partition coefficient (Wildman–Crippen LogP) is 1.41. The van der Waals surface area contributed by atoms with Crippen molar-refractivity contribution in [2.45, 2.75) is 6.92 Å². The molecule has 0 unspecified atom stereocenters. The third kappa shape index (κ3) is 5.00. The number of rotatable bonds is 5. The van der Waals surface area contributed by atoms with Crippen LogP contribution in [-0.4, -0.2) is 61.0 Å². The van der Waals surface area contributed by atoms with E-state index in [1.54, 1.807) is 17.9 Å². The number of hydrogen-bond donors (Lipinski definition) is 0. The van der Waals surface area contributed by atoms with E-state index in [1.165, 1.54) is 0 Å². The number of nitrogens with zero attached hydrogens (tertiary/aromatic N) is 2. The van der Waals surface area contributed by atoms with E-state index in [1.807, 2.05) is 41.3 Å². The second-order valence-corrected chi connectivity index (χ2v) is 5.15. The van der Waals surface area contributed by atoms with Crippen molar-refractivity contribution in [2.24, 2.45) is 0 Å². The third-order valence-corrected chi connectivity index (χ3v) is 3.56. The largest absolute Gasteiger partial charge is 0.465 e. The van der Waals surface area contributed by atoms with Gasteiger partial charge in [0.2, 0.25) is 5.91 Å². The zero-order valence-corrected chi connectivity index (χ0v) is 12.9. The van der Waals surface area contributed by atoms with Crippen molar-refractivity contribution >= 4 is 18.0 Å². The quantitative estimate of drug-likeness (QED) is 0.609.